The molecule has 0 bridgehead atoms. The highest BCUT2D eigenvalue weighted by Crippen LogP contribution is 2.28. The molecule has 5 nitrogen and oxygen atoms in total. The summed E-state index contributed by atoms with van der Waals surface area (Å²) in [4.78, 5) is -0.0525. The van der Waals surface area contributed by atoms with E-state index in [1.807, 2.05) is 0 Å². The first-order chi connectivity index (χ1) is 8.84. The first-order valence-corrected chi connectivity index (χ1v) is 7.85. The number of nitrogens with one attached hydrogen (secondary N) is 1. The number of nitrogens with zero attached hydrogens (tertiary/aromatic N) is 1. The Morgan fingerprint density at radius 2 is 2.05 bits per heavy atom. The standard InChI is InChI=1S/C11H14Cl2N2O3S/c1-15(9-5-14-6-10(9)16)19(17,18)11-4-7(12)2-3-8(11)13/h2-4,9-10,14,16H,5-6H2,1H3/t9-,10-/m0/s1. The van der Waals surface area contributed by atoms with E-state index in [0.717, 1.165) is 4.31 Å². The predicted octanol–water partition coefficient (Wildman–Crippen LogP) is 0.947. The number of benzene rings is 1. The Hall–Kier alpha value is -0.370. The van der Waals surface area contributed by atoms with Gasteiger partial charge in [0.05, 0.1) is 17.2 Å². The van der Waals surface area contributed by atoms with Crippen molar-refractivity contribution in [3.8, 4) is 0 Å². The molecule has 8 heteroatoms. The summed E-state index contributed by atoms with van der Waals surface area (Å²) in [5, 5.41) is 13.1. The van der Waals surface area contributed by atoms with Crippen molar-refractivity contribution in [3.05, 3.63) is 28.2 Å². The summed E-state index contributed by atoms with van der Waals surface area (Å²) < 4.78 is 26.1. The van der Waals surface area contributed by atoms with Gasteiger partial charge in [-0.25, -0.2) is 8.42 Å². The summed E-state index contributed by atoms with van der Waals surface area (Å²) in [6.07, 6.45) is -0.738. The van der Waals surface area contributed by atoms with Gasteiger partial charge in [0.1, 0.15) is 4.90 Å². The van der Waals surface area contributed by atoms with Crippen molar-refractivity contribution >= 4 is 33.2 Å². The van der Waals surface area contributed by atoms with Crippen molar-refractivity contribution in [2.45, 2.75) is 17.0 Å². The Balaban J connectivity index is 2.39. The van der Waals surface area contributed by atoms with Crippen molar-refractivity contribution < 1.29 is 13.5 Å². The van der Waals surface area contributed by atoms with Crippen LogP contribution < -0.4 is 5.32 Å². The average Bonchev–Trinajstić information content (AvgIpc) is 2.77. The predicted molar refractivity (Wildman–Crippen MR) is 74.1 cm³/mol. The molecule has 1 aromatic carbocycles. The van der Waals surface area contributed by atoms with Gasteiger partial charge in [0.15, 0.2) is 0 Å². The molecule has 1 saturated heterocycles. The van der Waals surface area contributed by atoms with E-state index in [1.54, 1.807) is 0 Å². The molecule has 0 unspecified atom stereocenters. The number of halogens is 2. The van der Waals surface area contributed by atoms with Gasteiger partial charge in [-0.2, -0.15) is 4.31 Å². The maximum Gasteiger partial charge on any atom is 0.244 e. The molecule has 106 valence electrons. The minimum atomic E-state index is -3.79. The van der Waals surface area contributed by atoms with E-state index in [2.05, 4.69) is 5.32 Å². The molecule has 0 saturated carbocycles. The third-order valence-corrected chi connectivity index (χ3v) is 5.77. The lowest BCUT2D eigenvalue weighted by molar-refractivity contribution is 0.136. The molecule has 2 rings (SSSR count). The van der Waals surface area contributed by atoms with Crippen LogP contribution in [-0.2, 0) is 10.0 Å². The molecule has 0 aliphatic carbocycles. The van der Waals surface area contributed by atoms with E-state index in [1.165, 1.54) is 25.2 Å². The smallest absolute Gasteiger partial charge is 0.244 e. The van der Waals surface area contributed by atoms with Crippen LogP contribution in [0.4, 0.5) is 0 Å². The van der Waals surface area contributed by atoms with Crippen LogP contribution in [0.5, 0.6) is 0 Å². The van der Waals surface area contributed by atoms with E-state index >= 15 is 0 Å². The molecule has 1 heterocycles. The molecular weight excluding hydrogens is 311 g/mol. The zero-order chi connectivity index (χ0) is 14.2. The molecule has 1 aromatic rings. The summed E-state index contributed by atoms with van der Waals surface area (Å²) in [5.41, 5.74) is 0. The fourth-order valence-electron chi connectivity index (χ4n) is 2.03. The number of likely N-dealkylation sites (N-methyl/N-ethyl adjacent to an activating group) is 1. The molecule has 19 heavy (non-hydrogen) atoms. The lowest BCUT2D eigenvalue weighted by Gasteiger charge is -2.26. The van der Waals surface area contributed by atoms with E-state index in [0.29, 0.717) is 18.1 Å². The van der Waals surface area contributed by atoms with Crippen molar-refractivity contribution in [1.29, 1.82) is 0 Å². The number of β-amino-alcohol motifs (C(OH)–C–C–N with tert-alkyl or cyclic N) is 1. The molecule has 1 fully saturated rings. The Morgan fingerprint density at radius 1 is 1.37 bits per heavy atom. The molecule has 2 atom stereocenters. The monoisotopic (exact) mass is 324 g/mol. The molecule has 1 aliphatic heterocycles. The Bertz CT molecular complexity index is 579. The fourth-order valence-corrected chi connectivity index (χ4v) is 4.15. The maximum atomic E-state index is 12.5. The average molecular weight is 325 g/mol. The highest BCUT2D eigenvalue weighted by molar-refractivity contribution is 7.89. The summed E-state index contributed by atoms with van der Waals surface area (Å²) in [6, 6.07) is 3.76. The van der Waals surface area contributed by atoms with Gasteiger partial charge in [-0.3, -0.25) is 0 Å². The van der Waals surface area contributed by atoms with Gasteiger partial charge in [-0.05, 0) is 18.2 Å². The van der Waals surface area contributed by atoms with E-state index in [-0.39, 0.29) is 9.92 Å². The van der Waals surface area contributed by atoms with Crippen LogP contribution in [-0.4, -0.2) is 50.1 Å². The summed E-state index contributed by atoms with van der Waals surface area (Å²) in [7, 11) is -2.37. The number of aliphatic hydroxyl groups excluding tert-OH is 1. The first-order valence-electron chi connectivity index (χ1n) is 5.66. The quantitative estimate of drug-likeness (QED) is 0.868. The molecule has 1 aliphatic rings. The first kappa shape index (κ1) is 15.0. The van der Waals surface area contributed by atoms with Crippen LogP contribution in [0.1, 0.15) is 0 Å². The minimum absolute atomic E-state index is 0.0525. The van der Waals surface area contributed by atoms with Gasteiger partial charge in [-0.1, -0.05) is 23.2 Å². The maximum absolute atomic E-state index is 12.5. The van der Waals surface area contributed by atoms with Crippen LogP contribution in [0, 0.1) is 0 Å². The SMILES string of the molecule is CN([C@H]1CNC[C@@H]1O)S(=O)(=O)c1cc(Cl)ccc1Cl. The van der Waals surface area contributed by atoms with Gasteiger partial charge in [0.25, 0.3) is 0 Å². The van der Waals surface area contributed by atoms with Gasteiger partial charge in [-0.15, -0.1) is 0 Å². The van der Waals surface area contributed by atoms with Gasteiger partial charge in [0, 0.05) is 25.2 Å². The Kier molecular flexibility index (Phi) is 4.39. The normalized spacial score (nSPS) is 24.1. The topological polar surface area (TPSA) is 69.6 Å². The second kappa shape index (κ2) is 5.55. The Morgan fingerprint density at radius 3 is 2.63 bits per heavy atom. The van der Waals surface area contributed by atoms with Gasteiger partial charge in [0.2, 0.25) is 10.0 Å². The third kappa shape index (κ3) is 2.89. The Labute approximate surface area is 122 Å². The summed E-state index contributed by atoms with van der Waals surface area (Å²) >= 11 is 11.7. The molecule has 0 radical (unpaired) electrons. The minimum Gasteiger partial charge on any atom is -0.390 e. The van der Waals surface area contributed by atoms with Crippen LogP contribution >= 0.6 is 23.2 Å². The second-order valence-electron chi connectivity index (χ2n) is 4.39. The van der Waals surface area contributed by atoms with Crippen LogP contribution in [0.3, 0.4) is 0 Å². The molecule has 0 spiro atoms. The number of aliphatic hydroxyl groups is 1. The van der Waals surface area contributed by atoms with Crippen molar-refractivity contribution in [3.63, 3.8) is 0 Å². The summed E-state index contributed by atoms with van der Waals surface area (Å²) in [5.74, 6) is 0. The van der Waals surface area contributed by atoms with Crippen molar-refractivity contribution in [2.75, 3.05) is 20.1 Å². The number of hydrogen-bond acceptors (Lipinski definition) is 4. The van der Waals surface area contributed by atoms with E-state index < -0.39 is 22.2 Å². The van der Waals surface area contributed by atoms with Crippen molar-refractivity contribution in [2.24, 2.45) is 0 Å². The lowest BCUT2D eigenvalue weighted by Crippen LogP contribution is -2.44. The van der Waals surface area contributed by atoms with Gasteiger partial charge >= 0.3 is 0 Å². The molecule has 0 amide bonds. The van der Waals surface area contributed by atoms with E-state index in [4.69, 9.17) is 23.2 Å². The molecule has 2 N–H and O–H groups in total. The second-order valence-corrected chi connectivity index (χ2v) is 7.20. The van der Waals surface area contributed by atoms with Crippen LogP contribution in [0.2, 0.25) is 10.0 Å². The highest BCUT2D eigenvalue weighted by Gasteiger charge is 2.36. The van der Waals surface area contributed by atoms with E-state index in [9.17, 15) is 13.5 Å². The van der Waals surface area contributed by atoms with Gasteiger partial charge < -0.3 is 10.4 Å². The lowest BCUT2D eigenvalue weighted by atomic mass is 10.2. The third-order valence-electron chi connectivity index (χ3n) is 3.17. The van der Waals surface area contributed by atoms with Crippen LogP contribution in [0.25, 0.3) is 0 Å². The van der Waals surface area contributed by atoms with Crippen molar-refractivity contribution in [1.82, 2.24) is 9.62 Å². The summed E-state index contributed by atoms with van der Waals surface area (Å²) in [6.45, 7) is 0.767. The molecule has 0 aromatic heterocycles. The molecular formula is C11H14Cl2N2O3S. The zero-order valence-corrected chi connectivity index (χ0v) is 12.5. The highest BCUT2D eigenvalue weighted by atomic mass is 35.5. The fraction of sp³-hybridized carbons (Fsp3) is 0.455. The number of rotatable bonds is 3. The zero-order valence-electron chi connectivity index (χ0n) is 10.2. The number of hydrogen-bond donors (Lipinski definition) is 2. The largest absolute Gasteiger partial charge is 0.390 e. The number of sulfonamides is 1. The van der Waals surface area contributed by atoms with Crippen LogP contribution in [0.15, 0.2) is 23.1 Å².